The summed E-state index contributed by atoms with van der Waals surface area (Å²) < 4.78 is 11.1. The molecule has 2 aromatic carbocycles. The first-order valence-electron chi connectivity index (χ1n) is 11.7. The molecule has 1 aliphatic heterocycles. The third-order valence-corrected chi connectivity index (χ3v) is 7.29. The average molecular weight is 477 g/mol. The van der Waals surface area contributed by atoms with E-state index in [2.05, 4.69) is 5.32 Å². The van der Waals surface area contributed by atoms with E-state index >= 15 is 0 Å². The molecule has 34 heavy (non-hydrogen) atoms. The molecule has 1 aliphatic carbocycles. The van der Waals surface area contributed by atoms with Crippen LogP contribution in [0.25, 0.3) is 0 Å². The smallest absolute Gasteiger partial charge is 0.269 e. The second-order valence-corrected chi connectivity index (χ2v) is 9.79. The number of aryl methyl sites for hydroxylation is 1. The molecule has 176 valence electrons. The van der Waals surface area contributed by atoms with Gasteiger partial charge in [-0.05, 0) is 48.9 Å². The van der Waals surface area contributed by atoms with Crippen molar-refractivity contribution in [3.63, 3.8) is 0 Å². The van der Waals surface area contributed by atoms with Crippen molar-refractivity contribution < 1.29 is 19.1 Å². The Hall–Kier alpha value is -3.32. The molecule has 6 nitrogen and oxygen atoms in total. The summed E-state index contributed by atoms with van der Waals surface area (Å²) >= 11 is 1.36. The van der Waals surface area contributed by atoms with Crippen LogP contribution in [0.3, 0.4) is 0 Å². The van der Waals surface area contributed by atoms with Gasteiger partial charge in [0.25, 0.3) is 5.91 Å². The fraction of sp³-hybridized carbons (Fsp3) is 0.333. The fourth-order valence-electron chi connectivity index (χ4n) is 4.63. The lowest BCUT2D eigenvalue weighted by atomic mass is 9.94. The Bertz CT molecular complexity index is 1150. The van der Waals surface area contributed by atoms with Crippen LogP contribution in [0.15, 0.2) is 60.0 Å². The first-order valence-corrected chi connectivity index (χ1v) is 12.6. The maximum absolute atomic E-state index is 13.9. The lowest BCUT2D eigenvalue weighted by Crippen LogP contribution is -2.47. The first kappa shape index (κ1) is 22.5. The zero-order valence-corrected chi connectivity index (χ0v) is 20.0. The molecule has 2 aliphatic rings. The molecular weight excluding hydrogens is 448 g/mol. The number of carbonyl (C=O) groups excluding carboxylic acids is 2. The molecule has 0 unspecified atom stereocenters. The molecule has 0 spiro atoms. The van der Waals surface area contributed by atoms with E-state index in [1.165, 1.54) is 17.8 Å². The third kappa shape index (κ3) is 4.66. The average Bonchev–Trinajstić information content (AvgIpc) is 3.55. The molecule has 0 radical (unpaired) electrons. The van der Waals surface area contributed by atoms with Crippen molar-refractivity contribution in [2.45, 2.75) is 51.1 Å². The van der Waals surface area contributed by atoms with Crippen LogP contribution in [0.2, 0.25) is 0 Å². The van der Waals surface area contributed by atoms with Gasteiger partial charge in [-0.25, -0.2) is 0 Å². The minimum Gasteiger partial charge on any atom is -0.454 e. The van der Waals surface area contributed by atoms with Crippen LogP contribution in [0.5, 0.6) is 11.5 Å². The molecule has 1 fully saturated rings. The number of carbonyl (C=O) groups is 2. The highest BCUT2D eigenvalue weighted by Gasteiger charge is 2.35. The number of fused-ring (bicyclic) bond motifs is 1. The topological polar surface area (TPSA) is 67.9 Å². The summed E-state index contributed by atoms with van der Waals surface area (Å²) in [4.78, 5) is 29.9. The number of nitrogens with zero attached hydrogens (tertiary/aromatic N) is 1. The maximum Gasteiger partial charge on any atom is 0.269 e. The Morgan fingerprint density at radius 3 is 2.50 bits per heavy atom. The summed E-state index contributed by atoms with van der Waals surface area (Å²) in [5, 5.41) is 5.12. The Kier molecular flexibility index (Phi) is 6.54. The second-order valence-electron chi connectivity index (χ2n) is 8.85. The summed E-state index contributed by atoms with van der Waals surface area (Å²) in [5.41, 5.74) is 2.45. The lowest BCUT2D eigenvalue weighted by Gasteiger charge is -2.33. The molecule has 2 heterocycles. The van der Waals surface area contributed by atoms with Gasteiger partial charge in [-0.1, -0.05) is 55.2 Å². The van der Waals surface area contributed by atoms with Crippen LogP contribution < -0.4 is 19.7 Å². The first-order chi connectivity index (χ1) is 16.6. The largest absolute Gasteiger partial charge is 0.454 e. The minimum atomic E-state index is -0.822. The molecule has 0 bridgehead atoms. The van der Waals surface area contributed by atoms with Crippen molar-refractivity contribution in [1.29, 1.82) is 0 Å². The van der Waals surface area contributed by atoms with Crippen LogP contribution in [0, 0.1) is 6.92 Å². The van der Waals surface area contributed by atoms with Crippen LogP contribution in [-0.2, 0) is 4.79 Å². The predicted octanol–water partition coefficient (Wildman–Crippen LogP) is 5.62. The fourth-order valence-corrected chi connectivity index (χ4v) is 5.29. The summed E-state index contributed by atoms with van der Waals surface area (Å²) in [5.74, 6) is 0.805. The van der Waals surface area contributed by atoms with Crippen molar-refractivity contribution >= 4 is 28.8 Å². The highest BCUT2D eigenvalue weighted by Crippen LogP contribution is 2.39. The van der Waals surface area contributed by atoms with E-state index in [9.17, 15) is 9.59 Å². The van der Waals surface area contributed by atoms with Gasteiger partial charge in [0, 0.05) is 17.8 Å². The van der Waals surface area contributed by atoms with Crippen molar-refractivity contribution in [3.05, 3.63) is 76.0 Å². The van der Waals surface area contributed by atoms with E-state index in [4.69, 9.17) is 9.47 Å². The highest BCUT2D eigenvalue weighted by molar-refractivity contribution is 7.12. The van der Waals surface area contributed by atoms with Crippen LogP contribution in [0.4, 0.5) is 5.69 Å². The Morgan fingerprint density at radius 1 is 1.00 bits per heavy atom. The van der Waals surface area contributed by atoms with Gasteiger partial charge < -0.3 is 14.8 Å². The molecule has 0 saturated heterocycles. The quantitative estimate of drug-likeness (QED) is 0.501. The van der Waals surface area contributed by atoms with Crippen molar-refractivity contribution in [2.75, 3.05) is 11.7 Å². The van der Waals surface area contributed by atoms with Gasteiger partial charge in [-0.2, -0.15) is 0 Å². The number of anilines is 1. The highest BCUT2D eigenvalue weighted by atomic mass is 32.1. The van der Waals surface area contributed by atoms with Gasteiger partial charge in [0.2, 0.25) is 12.7 Å². The zero-order valence-electron chi connectivity index (χ0n) is 19.2. The number of nitrogens with one attached hydrogen (secondary N) is 1. The minimum absolute atomic E-state index is 0.129. The molecule has 2 amide bonds. The van der Waals surface area contributed by atoms with Crippen LogP contribution >= 0.6 is 11.3 Å². The summed E-state index contributed by atoms with van der Waals surface area (Å²) in [7, 11) is 0. The number of benzene rings is 2. The van der Waals surface area contributed by atoms with E-state index in [0.717, 1.165) is 36.8 Å². The Morgan fingerprint density at radius 2 is 1.76 bits per heavy atom. The Labute approximate surface area is 203 Å². The second kappa shape index (κ2) is 9.89. The van der Waals surface area contributed by atoms with E-state index < -0.39 is 6.04 Å². The van der Waals surface area contributed by atoms with Crippen molar-refractivity contribution in [3.8, 4) is 11.5 Å². The summed E-state index contributed by atoms with van der Waals surface area (Å²) in [6.07, 6.45) is 5.36. The van der Waals surface area contributed by atoms with E-state index in [-0.39, 0.29) is 24.6 Å². The molecule has 3 aromatic rings. The van der Waals surface area contributed by atoms with Gasteiger partial charge >= 0.3 is 0 Å². The molecule has 1 aromatic heterocycles. The standard InChI is InChI=1S/C27H28N2O4S/c1-18-9-11-19(12-10-18)25(26(30)28-20-6-3-2-4-7-20)29(27(31)24-8-5-15-34-24)21-13-14-22-23(16-21)33-17-32-22/h5,8-16,20,25H,2-4,6-7,17H2,1H3,(H,28,30)/t25-/m1/s1. The molecule has 1 N–H and O–H groups in total. The van der Waals surface area contributed by atoms with Crippen LogP contribution in [0.1, 0.15) is 58.9 Å². The predicted molar refractivity (Wildman–Crippen MR) is 133 cm³/mol. The molecular formula is C27H28N2O4S. The Balaban J connectivity index is 1.58. The zero-order chi connectivity index (χ0) is 23.5. The molecule has 1 atom stereocenters. The summed E-state index contributed by atoms with van der Waals surface area (Å²) in [6.45, 7) is 2.15. The maximum atomic E-state index is 13.9. The van der Waals surface area contributed by atoms with E-state index in [0.29, 0.717) is 22.1 Å². The van der Waals surface area contributed by atoms with Gasteiger partial charge in [0.15, 0.2) is 11.5 Å². The van der Waals surface area contributed by atoms with Gasteiger partial charge in [-0.3, -0.25) is 14.5 Å². The van der Waals surface area contributed by atoms with Gasteiger partial charge in [0.05, 0.1) is 4.88 Å². The number of rotatable bonds is 6. The normalized spacial score (nSPS) is 16.1. The lowest BCUT2D eigenvalue weighted by molar-refractivity contribution is -0.123. The molecule has 1 saturated carbocycles. The number of amides is 2. The van der Waals surface area contributed by atoms with E-state index in [1.54, 1.807) is 23.1 Å². The molecule has 7 heteroatoms. The number of hydrogen-bond acceptors (Lipinski definition) is 5. The van der Waals surface area contributed by atoms with Gasteiger partial charge in [-0.15, -0.1) is 11.3 Å². The number of thiophene rings is 1. The number of hydrogen-bond donors (Lipinski definition) is 1. The molecule has 5 rings (SSSR count). The summed E-state index contributed by atoms with van der Waals surface area (Å²) in [6, 6.07) is 16.1. The SMILES string of the molecule is Cc1ccc([C@H](C(=O)NC2CCCCC2)N(C(=O)c2cccs2)c2ccc3c(c2)OCO3)cc1. The van der Waals surface area contributed by atoms with E-state index in [1.807, 2.05) is 48.7 Å². The van der Waals surface area contributed by atoms with Crippen molar-refractivity contribution in [1.82, 2.24) is 5.32 Å². The van der Waals surface area contributed by atoms with Gasteiger partial charge in [0.1, 0.15) is 6.04 Å². The third-order valence-electron chi connectivity index (χ3n) is 6.44. The monoisotopic (exact) mass is 476 g/mol. The van der Waals surface area contributed by atoms with Crippen LogP contribution in [-0.4, -0.2) is 24.6 Å². The number of ether oxygens (including phenoxy) is 2. The van der Waals surface area contributed by atoms with Crippen molar-refractivity contribution in [2.24, 2.45) is 0 Å².